The Morgan fingerprint density at radius 2 is 2.30 bits per heavy atom. The quantitative estimate of drug-likeness (QED) is 0.537. The fourth-order valence-corrected chi connectivity index (χ4v) is 0.677. The van der Waals surface area contributed by atoms with Crippen molar-refractivity contribution in [2.45, 2.75) is 25.8 Å². The van der Waals surface area contributed by atoms with Gasteiger partial charge in [-0.2, -0.15) is 0 Å². The summed E-state index contributed by atoms with van der Waals surface area (Å²) in [6.45, 7) is 2.30. The van der Waals surface area contributed by atoms with Crippen molar-refractivity contribution in [1.29, 1.82) is 0 Å². The Morgan fingerprint density at radius 1 is 1.70 bits per heavy atom. The van der Waals surface area contributed by atoms with Gasteiger partial charge in [-0.05, 0) is 6.42 Å². The van der Waals surface area contributed by atoms with Gasteiger partial charge in [0.2, 0.25) is 0 Å². The van der Waals surface area contributed by atoms with Crippen molar-refractivity contribution in [3.63, 3.8) is 0 Å². The third kappa shape index (κ3) is 4.47. The second kappa shape index (κ2) is 5.38. The van der Waals surface area contributed by atoms with Crippen LogP contribution in [0.3, 0.4) is 0 Å². The third-order valence-corrected chi connectivity index (χ3v) is 1.48. The fraction of sp³-hybridized carbons (Fsp3) is 0.857. The van der Waals surface area contributed by atoms with E-state index >= 15 is 0 Å². The summed E-state index contributed by atoms with van der Waals surface area (Å²) in [5.74, 6) is 0.163. The van der Waals surface area contributed by atoms with Gasteiger partial charge in [-0.25, -0.2) is 0 Å². The van der Waals surface area contributed by atoms with Gasteiger partial charge < -0.3 is 10.5 Å². The summed E-state index contributed by atoms with van der Waals surface area (Å²) < 4.78 is 4.83. The van der Waals surface area contributed by atoms with Gasteiger partial charge in [-0.3, -0.25) is 4.79 Å². The molecule has 0 heterocycles. The van der Waals surface area contributed by atoms with Crippen LogP contribution in [0.4, 0.5) is 0 Å². The molecule has 0 spiro atoms. The van der Waals surface area contributed by atoms with Crippen LogP contribution in [0.2, 0.25) is 0 Å². The molecular weight excluding hydrogens is 130 g/mol. The molecule has 0 aromatic rings. The number of ketones is 1. The maximum atomic E-state index is 10.6. The molecule has 0 aliphatic rings. The van der Waals surface area contributed by atoms with Gasteiger partial charge in [0.15, 0.2) is 5.78 Å². The lowest BCUT2D eigenvalue weighted by atomic mass is 10.1. The summed E-state index contributed by atoms with van der Waals surface area (Å²) >= 11 is 0. The molecule has 0 rings (SSSR count). The summed E-state index contributed by atoms with van der Waals surface area (Å²) in [6, 6.07) is -0.0462. The SMILES string of the molecule is COCCCC([NH3+])C(C)=O. The normalized spacial score (nSPS) is 13.1. The minimum absolute atomic E-state index is 0.0462. The lowest BCUT2D eigenvalue weighted by Gasteiger charge is -2.02. The minimum Gasteiger partial charge on any atom is -0.385 e. The van der Waals surface area contributed by atoms with E-state index in [1.54, 1.807) is 14.0 Å². The molecule has 1 atom stereocenters. The van der Waals surface area contributed by atoms with Crippen molar-refractivity contribution in [2.75, 3.05) is 13.7 Å². The summed E-state index contributed by atoms with van der Waals surface area (Å²) in [7, 11) is 1.66. The largest absolute Gasteiger partial charge is 0.385 e. The Labute approximate surface area is 61.5 Å². The van der Waals surface area contributed by atoms with Crippen LogP contribution in [-0.2, 0) is 9.53 Å². The highest BCUT2D eigenvalue weighted by Crippen LogP contribution is 1.93. The number of carbonyl (C=O) groups excluding carboxylic acids is 1. The van der Waals surface area contributed by atoms with Crippen molar-refractivity contribution in [1.82, 2.24) is 0 Å². The smallest absolute Gasteiger partial charge is 0.186 e. The zero-order valence-corrected chi connectivity index (χ0v) is 6.72. The Balaban J connectivity index is 3.21. The van der Waals surface area contributed by atoms with Gasteiger partial charge in [-0.15, -0.1) is 0 Å². The zero-order chi connectivity index (χ0) is 7.98. The van der Waals surface area contributed by atoms with E-state index in [1.165, 1.54) is 0 Å². The van der Waals surface area contributed by atoms with Gasteiger partial charge in [0, 0.05) is 27.1 Å². The van der Waals surface area contributed by atoms with Crippen molar-refractivity contribution >= 4 is 5.78 Å². The number of rotatable bonds is 5. The van der Waals surface area contributed by atoms with Crippen LogP contribution in [0, 0.1) is 0 Å². The van der Waals surface area contributed by atoms with E-state index in [4.69, 9.17) is 4.74 Å². The van der Waals surface area contributed by atoms with Gasteiger partial charge in [0.05, 0.1) is 0 Å². The van der Waals surface area contributed by atoms with Crippen molar-refractivity contribution in [3.8, 4) is 0 Å². The van der Waals surface area contributed by atoms with Crippen LogP contribution in [0.15, 0.2) is 0 Å². The zero-order valence-electron chi connectivity index (χ0n) is 6.72. The van der Waals surface area contributed by atoms with Gasteiger partial charge in [0.1, 0.15) is 6.04 Å². The lowest BCUT2D eigenvalue weighted by molar-refractivity contribution is -0.404. The number of methoxy groups -OCH3 is 1. The number of carbonyl (C=O) groups is 1. The van der Waals surface area contributed by atoms with Crippen LogP contribution in [0.25, 0.3) is 0 Å². The first-order chi connectivity index (χ1) is 4.68. The Morgan fingerprint density at radius 3 is 2.70 bits per heavy atom. The van der Waals surface area contributed by atoms with Crippen molar-refractivity contribution in [3.05, 3.63) is 0 Å². The van der Waals surface area contributed by atoms with Crippen LogP contribution >= 0.6 is 0 Å². The minimum atomic E-state index is -0.0462. The predicted octanol–water partition coefficient (Wildman–Crippen LogP) is -0.387. The van der Waals surface area contributed by atoms with E-state index in [9.17, 15) is 4.79 Å². The molecule has 0 fully saturated rings. The molecule has 1 unspecified atom stereocenters. The molecule has 0 radical (unpaired) electrons. The monoisotopic (exact) mass is 146 g/mol. The first-order valence-corrected chi connectivity index (χ1v) is 3.51. The molecule has 3 N–H and O–H groups in total. The van der Waals surface area contributed by atoms with Gasteiger partial charge >= 0.3 is 0 Å². The van der Waals surface area contributed by atoms with Gasteiger partial charge in [-0.1, -0.05) is 0 Å². The molecule has 3 nitrogen and oxygen atoms in total. The molecule has 0 bridgehead atoms. The molecular formula is C7H16NO2+. The molecule has 0 saturated heterocycles. The Hall–Kier alpha value is -0.410. The van der Waals surface area contributed by atoms with E-state index in [1.807, 2.05) is 0 Å². The molecule has 60 valence electrons. The summed E-state index contributed by atoms with van der Waals surface area (Å²) in [5.41, 5.74) is 3.70. The van der Waals surface area contributed by atoms with Crippen molar-refractivity contribution < 1.29 is 15.3 Å². The lowest BCUT2D eigenvalue weighted by Crippen LogP contribution is -2.64. The predicted molar refractivity (Wildman–Crippen MR) is 38.5 cm³/mol. The topological polar surface area (TPSA) is 53.9 Å². The van der Waals surface area contributed by atoms with Crippen LogP contribution in [0.1, 0.15) is 19.8 Å². The van der Waals surface area contributed by atoms with Crippen molar-refractivity contribution in [2.24, 2.45) is 0 Å². The maximum absolute atomic E-state index is 10.6. The first kappa shape index (κ1) is 9.59. The van der Waals surface area contributed by atoms with Crippen LogP contribution in [0.5, 0.6) is 0 Å². The Kier molecular flexibility index (Phi) is 5.16. The number of ether oxygens (including phenoxy) is 1. The molecule has 0 aliphatic carbocycles. The molecule has 0 aromatic carbocycles. The summed E-state index contributed by atoms with van der Waals surface area (Å²) in [6.07, 6.45) is 1.76. The van der Waals surface area contributed by atoms with E-state index in [-0.39, 0.29) is 11.8 Å². The van der Waals surface area contributed by atoms with E-state index in [2.05, 4.69) is 5.73 Å². The molecule has 0 aromatic heterocycles. The van der Waals surface area contributed by atoms with Crippen LogP contribution in [-0.4, -0.2) is 25.5 Å². The summed E-state index contributed by atoms with van der Waals surface area (Å²) in [5, 5.41) is 0. The number of hydrogen-bond donors (Lipinski definition) is 1. The molecule has 0 aliphatic heterocycles. The van der Waals surface area contributed by atoms with E-state index in [0.717, 1.165) is 19.4 Å². The maximum Gasteiger partial charge on any atom is 0.186 e. The average molecular weight is 146 g/mol. The van der Waals surface area contributed by atoms with Crippen LogP contribution < -0.4 is 5.73 Å². The molecule has 3 heteroatoms. The number of hydrogen-bond acceptors (Lipinski definition) is 2. The second-order valence-corrected chi connectivity index (χ2v) is 2.44. The molecule has 10 heavy (non-hydrogen) atoms. The highest BCUT2D eigenvalue weighted by molar-refractivity contribution is 5.79. The third-order valence-electron chi connectivity index (χ3n) is 1.48. The highest BCUT2D eigenvalue weighted by atomic mass is 16.5. The highest BCUT2D eigenvalue weighted by Gasteiger charge is 2.09. The molecule has 0 saturated carbocycles. The Bertz CT molecular complexity index is 104. The summed E-state index contributed by atoms with van der Waals surface area (Å²) in [4.78, 5) is 10.6. The number of Topliss-reactive ketones (excluding diaryl/α,β-unsaturated/α-hetero) is 1. The fourth-order valence-electron chi connectivity index (χ4n) is 0.677. The standard InChI is InChI=1S/C7H15NO2/c1-6(9)7(8)4-3-5-10-2/h7H,3-5,8H2,1-2H3/p+1. The molecule has 0 amide bonds. The van der Waals surface area contributed by atoms with E-state index in [0.29, 0.717) is 0 Å². The average Bonchev–Trinajstić information content (AvgIpc) is 1.88. The number of quaternary nitrogens is 1. The first-order valence-electron chi connectivity index (χ1n) is 3.51. The second-order valence-electron chi connectivity index (χ2n) is 2.44. The van der Waals surface area contributed by atoms with Gasteiger partial charge in [0.25, 0.3) is 0 Å². The van der Waals surface area contributed by atoms with E-state index < -0.39 is 0 Å².